The van der Waals surface area contributed by atoms with Crippen molar-refractivity contribution >= 4 is 11.9 Å². The number of piperazine rings is 1. The van der Waals surface area contributed by atoms with Crippen LogP contribution < -0.4 is 4.90 Å². The van der Waals surface area contributed by atoms with Crippen molar-refractivity contribution in [1.82, 2.24) is 14.9 Å². The fourth-order valence-electron chi connectivity index (χ4n) is 2.49. The predicted octanol–water partition coefficient (Wildman–Crippen LogP) is 1.81. The van der Waals surface area contributed by atoms with Gasteiger partial charge in [-0.1, -0.05) is 24.1 Å². The molecule has 0 radical (unpaired) electrons. The van der Waals surface area contributed by atoms with Gasteiger partial charge >= 0.3 is 11.8 Å². The molecule has 1 fully saturated rings. The third-order valence-corrected chi connectivity index (χ3v) is 3.81. The van der Waals surface area contributed by atoms with Crippen molar-refractivity contribution in [3.05, 3.63) is 54.4 Å². The number of anilines is 1. The van der Waals surface area contributed by atoms with Gasteiger partial charge in [-0.25, -0.2) is 9.97 Å². The molecule has 2 heterocycles. The average Bonchev–Trinajstić information content (AvgIpc) is 2.67. The SMILES string of the molecule is O=C(N1CCN(c2ncccn2)CC1)C(F)(F)C#Cc1ccccc1. The smallest absolute Gasteiger partial charge is 0.337 e. The van der Waals surface area contributed by atoms with E-state index in [0.717, 1.165) is 4.90 Å². The van der Waals surface area contributed by atoms with E-state index >= 15 is 0 Å². The standard InChI is InChI=1S/C18H16F2N4O/c19-18(20,8-7-15-5-2-1-3-6-15)16(25)23-11-13-24(14-12-23)17-21-9-4-10-22-17/h1-6,9-10H,11-14H2. The zero-order valence-electron chi connectivity index (χ0n) is 13.4. The molecular formula is C18H16F2N4O. The molecule has 1 amide bonds. The summed E-state index contributed by atoms with van der Waals surface area (Å²) in [7, 11) is 0. The molecule has 7 heteroatoms. The molecule has 0 bridgehead atoms. The maximum absolute atomic E-state index is 14.1. The van der Waals surface area contributed by atoms with E-state index in [2.05, 4.69) is 15.9 Å². The minimum atomic E-state index is -3.71. The van der Waals surface area contributed by atoms with Crippen LogP contribution in [0.3, 0.4) is 0 Å². The highest BCUT2D eigenvalue weighted by Crippen LogP contribution is 2.19. The molecule has 0 unspecified atom stereocenters. The molecule has 2 aromatic rings. The number of benzene rings is 1. The van der Waals surface area contributed by atoms with Crippen LogP contribution in [0.2, 0.25) is 0 Å². The molecule has 0 spiro atoms. The number of aromatic nitrogens is 2. The van der Waals surface area contributed by atoms with Crippen molar-refractivity contribution in [2.24, 2.45) is 0 Å². The molecule has 0 aliphatic carbocycles. The van der Waals surface area contributed by atoms with Gasteiger partial charge in [0, 0.05) is 44.1 Å². The molecule has 1 aliphatic rings. The maximum Gasteiger partial charge on any atom is 0.385 e. The zero-order valence-corrected chi connectivity index (χ0v) is 13.4. The molecule has 1 aromatic carbocycles. The lowest BCUT2D eigenvalue weighted by molar-refractivity contribution is -0.150. The second-order valence-corrected chi connectivity index (χ2v) is 5.52. The molecule has 0 N–H and O–H groups in total. The fourth-order valence-corrected chi connectivity index (χ4v) is 2.49. The summed E-state index contributed by atoms with van der Waals surface area (Å²) in [6.45, 7) is 1.16. The van der Waals surface area contributed by atoms with Crippen LogP contribution in [-0.2, 0) is 4.79 Å². The van der Waals surface area contributed by atoms with Gasteiger partial charge in [-0.05, 0) is 24.1 Å². The number of amides is 1. The van der Waals surface area contributed by atoms with Crippen molar-refractivity contribution in [3.8, 4) is 11.8 Å². The summed E-state index contributed by atoms with van der Waals surface area (Å²) in [5.41, 5.74) is 0.445. The van der Waals surface area contributed by atoms with Gasteiger partial charge in [0.05, 0.1) is 0 Å². The zero-order chi connectivity index (χ0) is 17.7. The molecule has 0 atom stereocenters. The Hall–Kier alpha value is -3.01. The summed E-state index contributed by atoms with van der Waals surface area (Å²) in [5, 5.41) is 0. The second-order valence-electron chi connectivity index (χ2n) is 5.52. The Morgan fingerprint density at radius 2 is 1.64 bits per heavy atom. The first-order valence-electron chi connectivity index (χ1n) is 7.84. The Morgan fingerprint density at radius 3 is 2.28 bits per heavy atom. The van der Waals surface area contributed by atoms with Crippen molar-refractivity contribution < 1.29 is 13.6 Å². The Bertz CT molecular complexity index is 779. The number of rotatable bonds is 2. The van der Waals surface area contributed by atoms with Crippen LogP contribution in [0.5, 0.6) is 0 Å². The van der Waals surface area contributed by atoms with Crippen molar-refractivity contribution in [2.45, 2.75) is 5.92 Å². The third kappa shape index (κ3) is 4.10. The Labute approximate surface area is 144 Å². The van der Waals surface area contributed by atoms with E-state index in [-0.39, 0.29) is 13.1 Å². The first-order valence-corrected chi connectivity index (χ1v) is 7.84. The number of hydrogen-bond donors (Lipinski definition) is 0. The molecule has 3 rings (SSSR count). The molecule has 1 aliphatic heterocycles. The highest BCUT2D eigenvalue weighted by atomic mass is 19.3. The van der Waals surface area contributed by atoms with Gasteiger partial charge in [0.25, 0.3) is 0 Å². The van der Waals surface area contributed by atoms with E-state index in [1.165, 1.54) is 0 Å². The van der Waals surface area contributed by atoms with Gasteiger partial charge < -0.3 is 9.80 Å². The highest BCUT2D eigenvalue weighted by molar-refractivity contribution is 5.87. The van der Waals surface area contributed by atoms with Gasteiger partial charge in [0.15, 0.2) is 0 Å². The van der Waals surface area contributed by atoms with Crippen LogP contribution in [0, 0.1) is 11.8 Å². The quantitative estimate of drug-likeness (QED) is 0.781. The first kappa shape index (κ1) is 16.8. The van der Waals surface area contributed by atoms with E-state index < -0.39 is 11.8 Å². The lowest BCUT2D eigenvalue weighted by Crippen LogP contribution is -2.53. The van der Waals surface area contributed by atoms with Crippen LogP contribution in [0.15, 0.2) is 48.8 Å². The fraction of sp³-hybridized carbons (Fsp3) is 0.278. The van der Waals surface area contributed by atoms with Gasteiger partial charge in [-0.3, -0.25) is 4.79 Å². The summed E-state index contributed by atoms with van der Waals surface area (Å²) < 4.78 is 28.2. The first-order chi connectivity index (χ1) is 12.1. The van der Waals surface area contributed by atoms with E-state index in [4.69, 9.17) is 0 Å². The minimum absolute atomic E-state index is 0.180. The monoisotopic (exact) mass is 342 g/mol. The Balaban J connectivity index is 1.63. The van der Waals surface area contributed by atoms with Crippen LogP contribution in [0.1, 0.15) is 5.56 Å². The molecule has 1 saturated heterocycles. The van der Waals surface area contributed by atoms with Gasteiger partial charge in [0.1, 0.15) is 0 Å². The van der Waals surface area contributed by atoms with Gasteiger partial charge in [-0.15, -0.1) is 0 Å². The number of carbonyl (C=O) groups is 1. The van der Waals surface area contributed by atoms with E-state index in [9.17, 15) is 13.6 Å². The van der Waals surface area contributed by atoms with Crippen molar-refractivity contribution in [2.75, 3.05) is 31.1 Å². The number of nitrogens with zero attached hydrogens (tertiary/aromatic N) is 4. The van der Waals surface area contributed by atoms with Gasteiger partial charge in [0.2, 0.25) is 5.95 Å². The Kier molecular flexibility index (Phi) is 4.89. The largest absolute Gasteiger partial charge is 0.385 e. The number of halogens is 2. The third-order valence-electron chi connectivity index (χ3n) is 3.81. The molecule has 25 heavy (non-hydrogen) atoms. The molecule has 1 aromatic heterocycles. The van der Waals surface area contributed by atoms with Crippen LogP contribution >= 0.6 is 0 Å². The van der Waals surface area contributed by atoms with Crippen LogP contribution in [-0.4, -0.2) is 52.9 Å². The lowest BCUT2D eigenvalue weighted by Gasteiger charge is -2.35. The van der Waals surface area contributed by atoms with Gasteiger partial charge in [-0.2, -0.15) is 8.78 Å². The number of hydrogen-bond acceptors (Lipinski definition) is 4. The lowest BCUT2D eigenvalue weighted by atomic mass is 10.2. The molecule has 0 saturated carbocycles. The van der Waals surface area contributed by atoms with Crippen molar-refractivity contribution in [3.63, 3.8) is 0 Å². The van der Waals surface area contributed by atoms with Crippen molar-refractivity contribution in [1.29, 1.82) is 0 Å². The second kappa shape index (κ2) is 7.26. The number of carbonyl (C=O) groups excluding carboxylic acids is 1. The summed E-state index contributed by atoms with van der Waals surface area (Å²) in [6.07, 6.45) is 3.24. The summed E-state index contributed by atoms with van der Waals surface area (Å²) in [4.78, 5) is 23.4. The maximum atomic E-state index is 14.1. The predicted molar refractivity (Wildman–Crippen MR) is 89.1 cm³/mol. The average molecular weight is 342 g/mol. The summed E-state index contributed by atoms with van der Waals surface area (Å²) >= 11 is 0. The van der Waals surface area contributed by atoms with E-state index in [0.29, 0.717) is 24.6 Å². The summed E-state index contributed by atoms with van der Waals surface area (Å²) in [5.74, 6) is -0.270. The van der Waals surface area contributed by atoms with E-state index in [1.54, 1.807) is 54.7 Å². The van der Waals surface area contributed by atoms with Crippen LogP contribution in [0.25, 0.3) is 0 Å². The molecular weight excluding hydrogens is 326 g/mol. The highest BCUT2D eigenvalue weighted by Gasteiger charge is 2.41. The van der Waals surface area contributed by atoms with Crippen LogP contribution in [0.4, 0.5) is 14.7 Å². The number of alkyl halides is 2. The molecule has 128 valence electrons. The minimum Gasteiger partial charge on any atom is -0.337 e. The molecule has 5 nitrogen and oxygen atoms in total. The van der Waals surface area contributed by atoms with E-state index in [1.807, 2.05) is 4.90 Å². The topological polar surface area (TPSA) is 49.3 Å². The summed E-state index contributed by atoms with van der Waals surface area (Å²) in [6, 6.07) is 10.1. The Morgan fingerprint density at radius 1 is 1.00 bits per heavy atom. The normalized spacial score (nSPS) is 14.6.